The van der Waals surface area contributed by atoms with Crippen molar-refractivity contribution in [2.24, 2.45) is 4.99 Å². The normalized spacial score (nSPS) is 21.7. The summed E-state index contributed by atoms with van der Waals surface area (Å²) in [5.74, 6) is 1.44. The standard InChI is InChI=1S/C22H19BrN2O3S/c23-17-12-19-18(27-13-28-19)10-14(17)11-20-21(26)25(16-8-4-5-9-16)22(29-20)24-15-6-2-1-3-7-15/h1-3,6-7,10-12,16H,4-5,8-9,13H2/b20-11+,24-22?. The van der Waals surface area contributed by atoms with Gasteiger partial charge < -0.3 is 9.47 Å². The van der Waals surface area contributed by atoms with Crippen molar-refractivity contribution in [3.8, 4) is 11.5 Å². The molecule has 5 nitrogen and oxygen atoms in total. The fourth-order valence-corrected chi connectivity index (χ4v) is 5.33. The molecule has 0 aromatic heterocycles. The van der Waals surface area contributed by atoms with Crippen LogP contribution in [0.3, 0.4) is 0 Å². The Kier molecular flexibility index (Phi) is 5.09. The first-order valence-electron chi connectivity index (χ1n) is 9.65. The highest BCUT2D eigenvalue weighted by atomic mass is 79.9. The minimum atomic E-state index is 0.0288. The zero-order valence-electron chi connectivity index (χ0n) is 15.6. The minimum absolute atomic E-state index is 0.0288. The maximum Gasteiger partial charge on any atom is 0.267 e. The van der Waals surface area contributed by atoms with Gasteiger partial charge in [0.2, 0.25) is 6.79 Å². The number of ether oxygens (including phenoxy) is 2. The van der Waals surface area contributed by atoms with Crippen LogP contribution in [-0.4, -0.2) is 28.8 Å². The third kappa shape index (κ3) is 3.69. The van der Waals surface area contributed by atoms with Gasteiger partial charge in [0.1, 0.15) is 0 Å². The third-order valence-corrected chi connectivity index (χ3v) is 6.96. The van der Waals surface area contributed by atoms with Crippen molar-refractivity contribution in [3.63, 3.8) is 0 Å². The zero-order valence-corrected chi connectivity index (χ0v) is 18.0. The maximum absolute atomic E-state index is 13.3. The number of fused-ring (bicyclic) bond motifs is 1. The molecule has 2 aliphatic heterocycles. The van der Waals surface area contributed by atoms with Gasteiger partial charge >= 0.3 is 0 Å². The molecule has 148 valence electrons. The summed E-state index contributed by atoms with van der Waals surface area (Å²) in [5.41, 5.74) is 1.74. The minimum Gasteiger partial charge on any atom is -0.454 e. The van der Waals surface area contributed by atoms with Crippen LogP contribution in [0.1, 0.15) is 31.2 Å². The van der Waals surface area contributed by atoms with E-state index < -0.39 is 0 Å². The number of amides is 1. The van der Waals surface area contributed by atoms with Crippen molar-refractivity contribution in [3.05, 3.63) is 57.4 Å². The van der Waals surface area contributed by atoms with Gasteiger partial charge in [-0.15, -0.1) is 0 Å². The highest BCUT2D eigenvalue weighted by Crippen LogP contribution is 2.42. The molecule has 1 aliphatic carbocycles. The topological polar surface area (TPSA) is 51.1 Å². The van der Waals surface area contributed by atoms with Gasteiger partial charge in [-0.05, 0) is 60.5 Å². The van der Waals surface area contributed by atoms with Gasteiger partial charge in [-0.3, -0.25) is 9.69 Å². The number of amidine groups is 1. The van der Waals surface area contributed by atoms with E-state index in [2.05, 4.69) is 15.9 Å². The Labute approximate surface area is 181 Å². The van der Waals surface area contributed by atoms with Crippen LogP contribution in [0, 0.1) is 0 Å². The van der Waals surface area contributed by atoms with Crippen LogP contribution in [0.25, 0.3) is 6.08 Å². The number of hydrogen-bond acceptors (Lipinski definition) is 5. The second-order valence-electron chi connectivity index (χ2n) is 7.18. The van der Waals surface area contributed by atoms with Crippen molar-refractivity contribution in [2.45, 2.75) is 31.7 Å². The van der Waals surface area contributed by atoms with Crippen LogP contribution in [0.5, 0.6) is 11.5 Å². The molecular formula is C22H19BrN2O3S. The number of aliphatic imine (C=N–C) groups is 1. The number of para-hydroxylation sites is 1. The Hall–Kier alpha value is -2.25. The monoisotopic (exact) mass is 470 g/mol. The molecule has 0 spiro atoms. The summed E-state index contributed by atoms with van der Waals surface area (Å²) in [6.45, 7) is 0.221. The van der Waals surface area contributed by atoms with E-state index in [9.17, 15) is 4.79 Å². The number of thioether (sulfide) groups is 1. The van der Waals surface area contributed by atoms with Crippen molar-refractivity contribution < 1.29 is 14.3 Å². The van der Waals surface area contributed by atoms with E-state index in [-0.39, 0.29) is 18.7 Å². The first kappa shape index (κ1) is 18.8. The van der Waals surface area contributed by atoms with Gasteiger partial charge in [-0.25, -0.2) is 4.99 Å². The van der Waals surface area contributed by atoms with Crippen LogP contribution in [-0.2, 0) is 4.79 Å². The summed E-state index contributed by atoms with van der Waals surface area (Å²) < 4.78 is 11.8. The zero-order chi connectivity index (χ0) is 19.8. The second-order valence-corrected chi connectivity index (χ2v) is 9.04. The van der Waals surface area contributed by atoms with E-state index in [1.54, 1.807) is 0 Å². The van der Waals surface area contributed by atoms with Gasteiger partial charge in [-0.1, -0.05) is 47.0 Å². The number of carbonyl (C=O) groups is 1. The SMILES string of the molecule is O=C1/C(=C\c2cc3c(cc2Br)OCO3)SC(=Nc2ccccc2)N1C1CCCC1. The number of rotatable bonds is 3. The Morgan fingerprint density at radius 3 is 2.59 bits per heavy atom. The largest absolute Gasteiger partial charge is 0.454 e. The van der Waals surface area contributed by atoms with Gasteiger partial charge in [0, 0.05) is 10.5 Å². The molecule has 1 saturated heterocycles. The van der Waals surface area contributed by atoms with Crippen LogP contribution in [0.2, 0.25) is 0 Å². The Bertz CT molecular complexity index is 1020. The summed E-state index contributed by atoms with van der Waals surface area (Å²) in [5, 5.41) is 0.760. The van der Waals surface area contributed by atoms with Crippen LogP contribution >= 0.6 is 27.7 Å². The van der Waals surface area contributed by atoms with Crippen LogP contribution in [0.15, 0.2) is 56.8 Å². The molecular weight excluding hydrogens is 452 g/mol. The molecule has 5 rings (SSSR count). The summed E-state index contributed by atoms with van der Waals surface area (Å²) in [7, 11) is 0. The molecule has 0 bridgehead atoms. The number of benzene rings is 2. The maximum atomic E-state index is 13.3. The van der Waals surface area contributed by atoms with Crippen molar-refractivity contribution in [2.75, 3.05) is 6.79 Å². The molecule has 0 radical (unpaired) electrons. The van der Waals surface area contributed by atoms with Crippen molar-refractivity contribution >= 4 is 50.5 Å². The fraction of sp³-hybridized carbons (Fsp3) is 0.273. The lowest BCUT2D eigenvalue weighted by Gasteiger charge is -2.22. The van der Waals surface area contributed by atoms with E-state index >= 15 is 0 Å². The second kappa shape index (κ2) is 7.88. The van der Waals surface area contributed by atoms with Gasteiger partial charge in [-0.2, -0.15) is 0 Å². The molecule has 0 N–H and O–H groups in total. The van der Waals surface area contributed by atoms with E-state index in [1.807, 2.05) is 53.4 Å². The molecule has 2 heterocycles. The van der Waals surface area contributed by atoms with Gasteiger partial charge in [0.25, 0.3) is 5.91 Å². The molecule has 0 unspecified atom stereocenters. The highest BCUT2D eigenvalue weighted by molar-refractivity contribution is 9.10. The van der Waals surface area contributed by atoms with E-state index in [4.69, 9.17) is 14.5 Å². The van der Waals surface area contributed by atoms with Crippen molar-refractivity contribution in [1.29, 1.82) is 0 Å². The summed E-state index contributed by atoms with van der Waals surface area (Å²) in [4.78, 5) is 20.7. The van der Waals surface area contributed by atoms with E-state index in [1.165, 1.54) is 11.8 Å². The lowest BCUT2D eigenvalue weighted by Crippen LogP contribution is -2.37. The van der Waals surface area contributed by atoms with Crippen LogP contribution < -0.4 is 9.47 Å². The van der Waals surface area contributed by atoms with E-state index in [0.717, 1.165) is 46.6 Å². The number of halogens is 1. The molecule has 7 heteroatoms. The molecule has 2 aromatic rings. The molecule has 1 amide bonds. The Balaban J connectivity index is 1.52. The van der Waals surface area contributed by atoms with Crippen molar-refractivity contribution in [1.82, 2.24) is 4.90 Å². The quantitative estimate of drug-likeness (QED) is 0.537. The molecule has 3 aliphatic rings. The molecule has 2 aromatic carbocycles. The summed E-state index contributed by atoms with van der Waals surface area (Å²) in [6.07, 6.45) is 6.28. The van der Waals surface area contributed by atoms with Crippen LogP contribution in [0.4, 0.5) is 5.69 Å². The predicted octanol–water partition coefficient (Wildman–Crippen LogP) is 5.72. The third-order valence-electron chi connectivity index (χ3n) is 5.29. The molecule has 1 saturated carbocycles. The first-order chi connectivity index (χ1) is 14.2. The highest BCUT2D eigenvalue weighted by Gasteiger charge is 2.39. The number of carbonyl (C=O) groups excluding carboxylic acids is 1. The molecule has 0 atom stereocenters. The fourth-order valence-electron chi connectivity index (χ4n) is 3.85. The summed E-state index contributed by atoms with van der Waals surface area (Å²) >= 11 is 5.02. The molecule has 29 heavy (non-hydrogen) atoms. The Morgan fingerprint density at radius 1 is 1.10 bits per heavy atom. The summed E-state index contributed by atoms with van der Waals surface area (Å²) in [6, 6.07) is 13.8. The lowest BCUT2D eigenvalue weighted by molar-refractivity contribution is -0.123. The Morgan fingerprint density at radius 2 is 1.83 bits per heavy atom. The smallest absolute Gasteiger partial charge is 0.267 e. The lowest BCUT2D eigenvalue weighted by atomic mass is 10.1. The van der Waals surface area contributed by atoms with E-state index in [0.29, 0.717) is 16.4 Å². The number of nitrogens with zero attached hydrogens (tertiary/aromatic N) is 2. The predicted molar refractivity (Wildman–Crippen MR) is 118 cm³/mol. The average molecular weight is 471 g/mol. The number of hydrogen-bond donors (Lipinski definition) is 0. The first-order valence-corrected chi connectivity index (χ1v) is 11.3. The average Bonchev–Trinajstić information content (AvgIpc) is 3.45. The van der Waals surface area contributed by atoms with Gasteiger partial charge in [0.05, 0.1) is 10.6 Å². The van der Waals surface area contributed by atoms with Gasteiger partial charge in [0.15, 0.2) is 16.7 Å². The molecule has 2 fully saturated rings.